The Labute approximate surface area is 162 Å². The van der Waals surface area contributed by atoms with Crippen LogP contribution in [0.1, 0.15) is 36.0 Å². The smallest absolute Gasteiger partial charge is 0.159 e. The maximum absolute atomic E-state index is 14.4. The largest absolute Gasteiger partial charge is 0.207 e. The van der Waals surface area contributed by atoms with Gasteiger partial charge in [-0.15, -0.1) is 0 Å². The third-order valence-electron chi connectivity index (χ3n) is 4.93. The van der Waals surface area contributed by atoms with Crippen molar-refractivity contribution in [1.82, 2.24) is 0 Å². The Kier molecular flexibility index (Phi) is 6.50. The van der Waals surface area contributed by atoms with Gasteiger partial charge in [-0.2, -0.15) is 0 Å². The third-order valence-corrected chi connectivity index (χ3v) is 4.93. The van der Waals surface area contributed by atoms with E-state index in [2.05, 4.69) is 0 Å². The molecule has 4 heteroatoms. The van der Waals surface area contributed by atoms with E-state index in [-0.39, 0.29) is 11.4 Å². The first-order valence-corrected chi connectivity index (χ1v) is 9.43. The van der Waals surface area contributed by atoms with Crippen molar-refractivity contribution in [2.24, 2.45) is 0 Å². The van der Waals surface area contributed by atoms with Crippen LogP contribution in [0.4, 0.5) is 17.6 Å². The number of halogens is 4. The molecule has 3 rings (SSSR count). The van der Waals surface area contributed by atoms with Crippen molar-refractivity contribution in [3.05, 3.63) is 94.6 Å². The van der Waals surface area contributed by atoms with E-state index in [0.29, 0.717) is 11.1 Å². The van der Waals surface area contributed by atoms with Gasteiger partial charge in [0.15, 0.2) is 11.6 Å². The van der Waals surface area contributed by atoms with Gasteiger partial charge in [0.1, 0.15) is 11.6 Å². The van der Waals surface area contributed by atoms with Crippen LogP contribution < -0.4 is 0 Å². The number of benzene rings is 3. The highest BCUT2D eigenvalue weighted by Gasteiger charge is 2.09. The van der Waals surface area contributed by atoms with E-state index in [0.717, 1.165) is 55.4 Å². The summed E-state index contributed by atoms with van der Waals surface area (Å²) in [5.74, 6) is -2.56. The van der Waals surface area contributed by atoms with Crippen molar-refractivity contribution in [1.29, 1.82) is 0 Å². The van der Waals surface area contributed by atoms with Crippen molar-refractivity contribution in [2.75, 3.05) is 0 Å². The zero-order chi connectivity index (χ0) is 20.1. The van der Waals surface area contributed by atoms with Gasteiger partial charge in [0, 0.05) is 5.56 Å². The molecule has 0 amide bonds. The summed E-state index contributed by atoms with van der Waals surface area (Å²) < 4.78 is 54.3. The Hall–Kier alpha value is -2.62. The normalized spacial score (nSPS) is 11.0. The lowest BCUT2D eigenvalue weighted by Gasteiger charge is -2.08. The first-order chi connectivity index (χ1) is 13.4. The van der Waals surface area contributed by atoms with Gasteiger partial charge in [-0.05, 0) is 79.1 Å². The summed E-state index contributed by atoms with van der Waals surface area (Å²) in [6, 6.07) is 13.6. The number of rotatable bonds is 7. The van der Waals surface area contributed by atoms with Crippen molar-refractivity contribution >= 4 is 0 Å². The van der Waals surface area contributed by atoms with Crippen molar-refractivity contribution in [2.45, 2.75) is 39.0 Å². The molecule has 0 radical (unpaired) electrons. The Balaban J connectivity index is 1.51. The average Bonchev–Trinajstić information content (AvgIpc) is 2.67. The van der Waals surface area contributed by atoms with Crippen LogP contribution >= 0.6 is 0 Å². The predicted octanol–water partition coefficient (Wildman–Crippen LogP) is 7.17. The second kappa shape index (κ2) is 9.05. The van der Waals surface area contributed by atoms with Crippen LogP contribution in [-0.4, -0.2) is 0 Å². The summed E-state index contributed by atoms with van der Waals surface area (Å²) in [6.45, 7) is 1.75. The predicted molar refractivity (Wildman–Crippen MR) is 104 cm³/mol. The Morgan fingerprint density at radius 3 is 1.82 bits per heavy atom. The average molecular weight is 386 g/mol. The number of unbranched alkanes of at least 4 members (excludes halogenated alkanes) is 2. The van der Waals surface area contributed by atoms with Crippen molar-refractivity contribution < 1.29 is 17.6 Å². The molecule has 0 fully saturated rings. The maximum atomic E-state index is 14.4. The summed E-state index contributed by atoms with van der Waals surface area (Å²) in [5, 5.41) is 0. The topological polar surface area (TPSA) is 0 Å². The molecule has 0 aliphatic carbocycles. The SMILES string of the molecule is Cc1ccc(CCCCCc2ccc(-c3ccc(F)c(F)c3)c(F)c2)cc1F. The standard InChI is InChI=1S/C24H22F4/c1-16-7-8-17(13-22(16)26)5-3-2-4-6-18-9-11-20(23(27)14-18)19-10-12-21(25)24(28)15-19/h7-15H,2-6H2,1H3. The van der Waals surface area contributed by atoms with E-state index in [9.17, 15) is 17.6 Å². The van der Waals surface area contributed by atoms with Gasteiger partial charge in [-0.25, -0.2) is 17.6 Å². The minimum Gasteiger partial charge on any atom is -0.207 e. The molecule has 0 unspecified atom stereocenters. The fraction of sp³-hybridized carbons (Fsp3) is 0.250. The molecule has 0 spiro atoms. The molecule has 0 aromatic heterocycles. The molecule has 0 N–H and O–H groups in total. The summed E-state index contributed by atoms with van der Waals surface area (Å²) in [6.07, 6.45) is 4.36. The molecule has 0 aliphatic rings. The molecule has 28 heavy (non-hydrogen) atoms. The highest BCUT2D eigenvalue weighted by Crippen LogP contribution is 2.26. The molecule has 0 aliphatic heterocycles. The molecule has 146 valence electrons. The van der Waals surface area contributed by atoms with Crippen LogP contribution in [0.5, 0.6) is 0 Å². The summed E-state index contributed by atoms with van der Waals surface area (Å²) >= 11 is 0. The van der Waals surface area contributed by atoms with E-state index in [4.69, 9.17) is 0 Å². The molecule has 3 aromatic rings. The van der Waals surface area contributed by atoms with E-state index < -0.39 is 17.5 Å². The van der Waals surface area contributed by atoms with Gasteiger partial charge in [0.25, 0.3) is 0 Å². The lowest BCUT2D eigenvalue weighted by atomic mass is 9.99. The van der Waals surface area contributed by atoms with Gasteiger partial charge in [0.2, 0.25) is 0 Å². The van der Waals surface area contributed by atoms with Crippen LogP contribution in [0, 0.1) is 30.2 Å². The summed E-state index contributed by atoms with van der Waals surface area (Å²) in [7, 11) is 0. The van der Waals surface area contributed by atoms with Crippen LogP contribution in [-0.2, 0) is 12.8 Å². The number of hydrogen-bond donors (Lipinski definition) is 0. The van der Waals surface area contributed by atoms with E-state index in [1.54, 1.807) is 25.1 Å². The van der Waals surface area contributed by atoms with Crippen LogP contribution in [0.15, 0.2) is 54.6 Å². The maximum Gasteiger partial charge on any atom is 0.159 e. The van der Waals surface area contributed by atoms with Gasteiger partial charge < -0.3 is 0 Å². The van der Waals surface area contributed by atoms with Gasteiger partial charge in [-0.1, -0.05) is 36.8 Å². The van der Waals surface area contributed by atoms with Gasteiger partial charge in [0.05, 0.1) is 0 Å². The van der Waals surface area contributed by atoms with Crippen LogP contribution in [0.2, 0.25) is 0 Å². The fourth-order valence-corrected chi connectivity index (χ4v) is 3.24. The highest BCUT2D eigenvalue weighted by molar-refractivity contribution is 5.64. The zero-order valence-electron chi connectivity index (χ0n) is 15.7. The molecule has 0 bridgehead atoms. The molecular formula is C24H22F4. The molecule has 0 heterocycles. The Bertz CT molecular complexity index is 963. The lowest BCUT2D eigenvalue weighted by Crippen LogP contribution is -1.93. The Morgan fingerprint density at radius 1 is 0.571 bits per heavy atom. The number of hydrogen-bond acceptors (Lipinski definition) is 0. The molecule has 0 nitrogen and oxygen atoms in total. The molecule has 0 atom stereocenters. The minimum atomic E-state index is -0.991. The van der Waals surface area contributed by atoms with Gasteiger partial charge >= 0.3 is 0 Å². The summed E-state index contributed by atoms with van der Waals surface area (Å²) in [5.41, 5.74) is 3.07. The molecular weight excluding hydrogens is 364 g/mol. The van der Waals surface area contributed by atoms with E-state index >= 15 is 0 Å². The lowest BCUT2D eigenvalue weighted by molar-refractivity contribution is 0.509. The van der Waals surface area contributed by atoms with Crippen molar-refractivity contribution in [3.63, 3.8) is 0 Å². The molecule has 0 saturated carbocycles. The first kappa shape index (κ1) is 20.1. The first-order valence-electron chi connectivity index (χ1n) is 9.43. The van der Waals surface area contributed by atoms with Gasteiger partial charge in [-0.3, -0.25) is 0 Å². The second-order valence-corrected chi connectivity index (χ2v) is 7.09. The monoisotopic (exact) mass is 386 g/mol. The zero-order valence-corrected chi connectivity index (χ0v) is 15.7. The third kappa shape index (κ3) is 5.00. The number of aryl methyl sites for hydroxylation is 3. The molecule has 0 saturated heterocycles. The van der Waals surface area contributed by atoms with Crippen LogP contribution in [0.25, 0.3) is 11.1 Å². The minimum absolute atomic E-state index is 0.172. The van der Waals surface area contributed by atoms with E-state index in [1.807, 2.05) is 12.1 Å². The van der Waals surface area contributed by atoms with Crippen molar-refractivity contribution in [3.8, 4) is 11.1 Å². The molecule has 3 aromatic carbocycles. The van der Waals surface area contributed by atoms with E-state index in [1.165, 1.54) is 12.1 Å². The van der Waals surface area contributed by atoms with Crippen LogP contribution in [0.3, 0.4) is 0 Å². The highest BCUT2D eigenvalue weighted by atomic mass is 19.2. The summed E-state index contributed by atoms with van der Waals surface area (Å²) in [4.78, 5) is 0. The quantitative estimate of drug-likeness (QED) is 0.298. The fourth-order valence-electron chi connectivity index (χ4n) is 3.24. The Morgan fingerprint density at radius 2 is 1.21 bits per heavy atom. The second-order valence-electron chi connectivity index (χ2n) is 7.09.